The van der Waals surface area contributed by atoms with Crippen LogP contribution in [0.2, 0.25) is 0 Å². The van der Waals surface area contributed by atoms with Crippen LogP contribution in [0.1, 0.15) is 34.6 Å². The number of pyridine rings is 1. The summed E-state index contributed by atoms with van der Waals surface area (Å²) in [4.78, 5) is 15.1. The fraction of sp³-hybridized carbons (Fsp3) is 0.360. The molecule has 2 aromatic heterocycles. The van der Waals surface area contributed by atoms with Crippen LogP contribution < -0.4 is 16.1 Å². The summed E-state index contributed by atoms with van der Waals surface area (Å²) in [6, 6.07) is 10.9. The molecule has 1 unspecified atom stereocenters. The molecule has 8 nitrogen and oxygen atoms in total. The Morgan fingerprint density at radius 1 is 1.19 bits per heavy atom. The van der Waals surface area contributed by atoms with Crippen LogP contribution in [0.4, 0.5) is 32.1 Å². The Kier molecular flexibility index (Phi) is 6.01. The van der Waals surface area contributed by atoms with Gasteiger partial charge in [0.15, 0.2) is 5.82 Å². The van der Waals surface area contributed by atoms with Gasteiger partial charge in [-0.3, -0.25) is 0 Å². The van der Waals surface area contributed by atoms with Gasteiger partial charge < -0.3 is 20.1 Å². The monoisotopic (exact) mass is 509 g/mol. The molecule has 1 atom stereocenters. The number of nitriles is 1. The lowest BCUT2D eigenvalue weighted by Crippen LogP contribution is -2.39. The summed E-state index contributed by atoms with van der Waals surface area (Å²) in [5.74, 6) is -2.09. The number of hydrogen-bond acceptors (Lipinski definition) is 8. The van der Waals surface area contributed by atoms with Crippen LogP contribution >= 0.6 is 7.14 Å². The maximum Gasteiger partial charge on any atom is 0.252 e. The third-order valence-corrected chi connectivity index (χ3v) is 7.78. The minimum Gasteiger partial charge on any atom is -0.324 e. The number of nitrogens with one attached hydrogen (secondary N) is 2. The van der Waals surface area contributed by atoms with Crippen molar-refractivity contribution in [3.05, 3.63) is 58.8 Å². The molecule has 2 N–H and O–H groups in total. The van der Waals surface area contributed by atoms with Crippen molar-refractivity contribution in [3.8, 4) is 6.07 Å². The second-order valence-corrected chi connectivity index (χ2v) is 13.0. The normalized spacial score (nSPS) is 18.7. The van der Waals surface area contributed by atoms with Gasteiger partial charge in [0.05, 0.1) is 6.20 Å². The topological polar surface area (TPSA) is 107 Å². The maximum atomic E-state index is 14.5. The molecule has 1 aromatic carbocycles. The first-order valence-corrected chi connectivity index (χ1v) is 14.2. The van der Waals surface area contributed by atoms with E-state index in [4.69, 9.17) is 0 Å². The second-order valence-electron chi connectivity index (χ2n) is 9.89. The zero-order valence-electron chi connectivity index (χ0n) is 20.2. The molecule has 1 aliphatic carbocycles. The van der Waals surface area contributed by atoms with Gasteiger partial charge >= 0.3 is 0 Å². The molecule has 0 radical (unpaired) electrons. The van der Waals surface area contributed by atoms with E-state index in [1.807, 2.05) is 13.1 Å². The number of anilines is 4. The number of rotatable bonds is 5. The average Bonchev–Trinajstić information content (AvgIpc) is 2.77. The molecule has 5 rings (SSSR count). The van der Waals surface area contributed by atoms with Crippen LogP contribution in [0.5, 0.6) is 0 Å². The summed E-state index contributed by atoms with van der Waals surface area (Å²) in [6.07, 6.45) is 0.970. The Labute approximate surface area is 208 Å². The lowest BCUT2D eigenvalue weighted by atomic mass is 9.76. The van der Waals surface area contributed by atoms with E-state index in [0.29, 0.717) is 35.6 Å². The van der Waals surface area contributed by atoms with E-state index in [2.05, 4.69) is 36.6 Å². The Morgan fingerprint density at radius 3 is 2.72 bits per heavy atom. The van der Waals surface area contributed by atoms with Crippen molar-refractivity contribution in [2.45, 2.75) is 31.2 Å². The van der Waals surface area contributed by atoms with Crippen LogP contribution in [0.25, 0.3) is 0 Å². The Balaban J connectivity index is 1.46. The molecule has 0 saturated heterocycles. The fourth-order valence-electron chi connectivity index (χ4n) is 5.02. The molecular weight excluding hydrogens is 483 g/mol. The fourth-order valence-corrected chi connectivity index (χ4v) is 5.81. The van der Waals surface area contributed by atoms with Crippen LogP contribution in [0.15, 0.2) is 36.5 Å². The van der Waals surface area contributed by atoms with E-state index in [1.165, 1.54) is 6.20 Å². The summed E-state index contributed by atoms with van der Waals surface area (Å²) < 4.78 is 41.4. The first kappa shape index (κ1) is 24.3. The molecule has 0 saturated carbocycles. The highest BCUT2D eigenvalue weighted by atomic mass is 31.2. The van der Waals surface area contributed by atoms with Crippen LogP contribution in [0.3, 0.4) is 0 Å². The van der Waals surface area contributed by atoms with E-state index in [1.54, 1.807) is 37.6 Å². The van der Waals surface area contributed by atoms with Gasteiger partial charge in [0.25, 0.3) is 5.92 Å². The lowest BCUT2D eigenvalue weighted by molar-refractivity contribution is -0.0252. The number of alkyl halides is 2. The highest BCUT2D eigenvalue weighted by molar-refractivity contribution is 7.69. The number of likely N-dealkylation sites (N-methyl/N-ethyl adjacent to an activating group) is 1. The molecule has 36 heavy (non-hydrogen) atoms. The number of halogens is 2. The minimum atomic E-state index is -2.74. The largest absolute Gasteiger partial charge is 0.324 e. The van der Waals surface area contributed by atoms with Crippen molar-refractivity contribution < 1.29 is 13.3 Å². The smallest absolute Gasteiger partial charge is 0.252 e. The van der Waals surface area contributed by atoms with Crippen molar-refractivity contribution in [1.29, 1.82) is 5.26 Å². The Hall–Kier alpha value is -3.41. The zero-order chi connectivity index (χ0) is 25.7. The van der Waals surface area contributed by atoms with E-state index in [-0.39, 0.29) is 36.1 Å². The van der Waals surface area contributed by atoms with Gasteiger partial charge in [-0.25, -0.2) is 18.7 Å². The van der Waals surface area contributed by atoms with Gasteiger partial charge in [-0.15, -0.1) is 0 Å². The molecule has 0 spiro atoms. The molecule has 0 amide bonds. The predicted molar refractivity (Wildman–Crippen MR) is 135 cm³/mol. The van der Waals surface area contributed by atoms with E-state index in [0.717, 1.165) is 11.1 Å². The maximum absolute atomic E-state index is 14.5. The van der Waals surface area contributed by atoms with Crippen molar-refractivity contribution in [2.24, 2.45) is 0 Å². The second kappa shape index (κ2) is 8.91. The van der Waals surface area contributed by atoms with Gasteiger partial charge in [-0.2, -0.15) is 10.2 Å². The zero-order valence-corrected chi connectivity index (χ0v) is 21.1. The van der Waals surface area contributed by atoms with Gasteiger partial charge in [0.1, 0.15) is 30.0 Å². The molecular formula is C25H26F2N7OP. The Morgan fingerprint density at radius 2 is 1.97 bits per heavy atom. The molecule has 0 bridgehead atoms. The summed E-state index contributed by atoms with van der Waals surface area (Å²) in [6.45, 7) is 4.57. The molecule has 1 aliphatic heterocycles. The third-order valence-electron chi connectivity index (χ3n) is 6.42. The minimum absolute atomic E-state index is 0.126. The van der Waals surface area contributed by atoms with Crippen molar-refractivity contribution in [2.75, 3.05) is 37.6 Å². The number of aromatic nitrogens is 3. The van der Waals surface area contributed by atoms with Gasteiger partial charge in [0, 0.05) is 37.5 Å². The first-order chi connectivity index (χ1) is 17.0. The highest BCUT2D eigenvalue weighted by Gasteiger charge is 2.42. The van der Waals surface area contributed by atoms with Gasteiger partial charge in [0.2, 0.25) is 5.95 Å². The van der Waals surface area contributed by atoms with Crippen molar-refractivity contribution in [1.82, 2.24) is 19.9 Å². The van der Waals surface area contributed by atoms with Crippen molar-refractivity contribution in [3.63, 3.8) is 0 Å². The van der Waals surface area contributed by atoms with Gasteiger partial charge in [-0.1, -0.05) is 6.07 Å². The van der Waals surface area contributed by atoms with E-state index in [9.17, 15) is 18.6 Å². The summed E-state index contributed by atoms with van der Waals surface area (Å²) in [7, 11) is -0.633. The first-order valence-electron chi connectivity index (χ1n) is 11.6. The number of benzene rings is 1. The summed E-state index contributed by atoms with van der Waals surface area (Å²) in [5, 5.41) is 15.7. The van der Waals surface area contributed by atoms with E-state index >= 15 is 0 Å². The average molecular weight is 510 g/mol. The SMILES string of the molecule is CN1Cc2cc(Nc3ncc(C#N)c(Nc4cccc(P(C)(C)=O)n4)n3)cc3c2C(C1)CC(F)(F)C3. The lowest BCUT2D eigenvalue weighted by Gasteiger charge is -2.39. The van der Waals surface area contributed by atoms with Crippen LogP contribution in [-0.4, -0.2) is 52.7 Å². The summed E-state index contributed by atoms with van der Waals surface area (Å²) >= 11 is 0. The molecule has 3 heterocycles. The van der Waals surface area contributed by atoms with E-state index < -0.39 is 13.1 Å². The quantitative estimate of drug-likeness (QED) is 0.481. The summed E-state index contributed by atoms with van der Waals surface area (Å²) in [5.41, 5.74) is 4.00. The third kappa shape index (κ3) is 4.95. The van der Waals surface area contributed by atoms with Crippen molar-refractivity contribution >= 4 is 35.8 Å². The molecule has 11 heteroatoms. The molecule has 0 fully saturated rings. The Bertz CT molecular complexity index is 1430. The predicted octanol–water partition coefficient (Wildman–Crippen LogP) is 4.59. The van der Waals surface area contributed by atoms with Gasteiger partial charge in [-0.05, 0) is 61.3 Å². The van der Waals surface area contributed by atoms with Crippen LogP contribution in [-0.2, 0) is 17.5 Å². The molecule has 186 valence electrons. The number of hydrogen-bond donors (Lipinski definition) is 2. The standard InChI is InChI=1S/C25H26F2N7OP/c1-34-13-16-8-19(7-15-9-25(26,27)10-17(14-34)22(15)16)30-24-29-12-18(11-28)23(33-24)32-20-5-4-6-21(31-20)36(2,3)35/h4-8,12,17H,9-10,13-14H2,1-3H3,(H2,29,30,31,32,33). The van der Waals surface area contributed by atoms with Crippen LogP contribution in [0, 0.1) is 11.3 Å². The number of nitrogens with zero attached hydrogens (tertiary/aromatic N) is 5. The molecule has 2 aliphatic rings. The molecule has 3 aromatic rings. The highest BCUT2D eigenvalue weighted by Crippen LogP contribution is 2.45.